The highest BCUT2D eigenvalue weighted by Crippen LogP contribution is 2.20. The number of amides is 1. The first-order valence-electron chi connectivity index (χ1n) is 3.23. The summed E-state index contributed by atoms with van der Waals surface area (Å²) in [4.78, 5) is 9.22. The quantitative estimate of drug-likeness (QED) is 0.647. The van der Waals surface area contributed by atoms with Crippen LogP contribution in [0.2, 0.25) is 5.02 Å². The Labute approximate surface area is 75.8 Å². The Balaban J connectivity index is 0.000000261. The summed E-state index contributed by atoms with van der Waals surface area (Å²) in [7, 11) is 0. The van der Waals surface area contributed by atoms with Crippen molar-refractivity contribution in [2.45, 2.75) is 6.92 Å². The van der Waals surface area contributed by atoms with Crippen molar-refractivity contribution in [3.8, 4) is 5.75 Å². The van der Waals surface area contributed by atoms with Crippen LogP contribution in [0, 0.1) is 0 Å². The number of nitrogens with two attached hydrogens (primary N) is 1. The molecule has 1 aromatic carbocycles. The van der Waals surface area contributed by atoms with Crippen LogP contribution in [0.25, 0.3) is 0 Å². The molecule has 0 fully saturated rings. The molecule has 0 aliphatic rings. The first-order valence-corrected chi connectivity index (χ1v) is 3.61. The lowest BCUT2D eigenvalue weighted by Gasteiger charge is -1.89. The summed E-state index contributed by atoms with van der Waals surface area (Å²) in [5, 5.41) is 9.18. The third-order valence-corrected chi connectivity index (χ3v) is 1.17. The molecule has 3 N–H and O–H groups in total. The lowest BCUT2D eigenvalue weighted by Crippen LogP contribution is -2.01. The van der Waals surface area contributed by atoms with Crippen LogP contribution in [-0.2, 0) is 4.79 Å². The van der Waals surface area contributed by atoms with Crippen molar-refractivity contribution >= 4 is 17.5 Å². The molecule has 3 nitrogen and oxygen atoms in total. The molecule has 0 radical (unpaired) electrons. The van der Waals surface area contributed by atoms with E-state index < -0.39 is 0 Å². The summed E-state index contributed by atoms with van der Waals surface area (Å²) >= 11 is 5.46. The molecular formula is C8H10ClNO2. The van der Waals surface area contributed by atoms with Crippen molar-refractivity contribution in [2.75, 3.05) is 0 Å². The fourth-order valence-electron chi connectivity index (χ4n) is 0.452. The highest BCUT2D eigenvalue weighted by atomic mass is 35.5. The van der Waals surface area contributed by atoms with Gasteiger partial charge in [0.05, 0.1) is 5.02 Å². The van der Waals surface area contributed by atoms with E-state index in [1.165, 1.54) is 6.92 Å². The average molecular weight is 188 g/mol. The fraction of sp³-hybridized carbons (Fsp3) is 0.125. The molecule has 1 aromatic rings. The van der Waals surface area contributed by atoms with Crippen LogP contribution in [0.1, 0.15) is 6.92 Å². The second kappa shape index (κ2) is 5.43. The predicted molar refractivity (Wildman–Crippen MR) is 48.0 cm³/mol. The molecule has 0 spiro atoms. The normalized spacial score (nSPS) is 8.17. The zero-order chi connectivity index (χ0) is 9.56. The average Bonchev–Trinajstić information content (AvgIpc) is 1.94. The number of aromatic hydroxyl groups is 1. The van der Waals surface area contributed by atoms with Crippen molar-refractivity contribution < 1.29 is 9.90 Å². The van der Waals surface area contributed by atoms with Gasteiger partial charge in [0.15, 0.2) is 0 Å². The molecular weight excluding hydrogens is 178 g/mol. The zero-order valence-corrected chi connectivity index (χ0v) is 7.38. The number of halogens is 1. The molecule has 12 heavy (non-hydrogen) atoms. The number of carbonyl (C=O) groups excluding carboxylic acids is 1. The summed E-state index contributed by atoms with van der Waals surface area (Å²) < 4.78 is 0. The van der Waals surface area contributed by atoms with Crippen LogP contribution in [0.15, 0.2) is 24.3 Å². The number of para-hydroxylation sites is 1. The van der Waals surface area contributed by atoms with Gasteiger partial charge in [0, 0.05) is 6.92 Å². The lowest BCUT2D eigenvalue weighted by molar-refractivity contribution is -0.115. The van der Waals surface area contributed by atoms with Crippen LogP contribution >= 0.6 is 11.6 Å². The molecule has 0 unspecified atom stereocenters. The van der Waals surface area contributed by atoms with E-state index in [9.17, 15) is 4.79 Å². The largest absolute Gasteiger partial charge is 0.506 e. The van der Waals surface area contributed by atoms with Crippen molar-refractivity contribution in [1.29, 1.82) is 0 Å². The molecule has 0 saturated heterocycles. The van der Waals surface area contributed by atoms with Gasteiger partial charge in [-0.25, -0.2) is 0 Å². The van der Waals surface area contributed by atoms with E-state index >= 15 is 0 Å². The van der Waals surface area contributed by atoms with Crippen LogP contribution in [-0.4, -0.2) is 11.0 Å². The van der Waals surface area contributed by atoms with E-state index in [2.05, 4.69) is 5.73 Å². The Bertz CT molecular complexity index is 238. The van der Waals surface area contributed by atoms with Crippen LogP contribution in [0.4, 0.5) is 0 Å². The summed E-state index contributed by atoms with van der Waals surface area (Å²) in [5.74, 6) is -0.200. The third kappa shape index (κ3) is 5.56. The van der Waals surface area contributed by atoms with E-state index in [1.807, 2.05) is 0 Å². The first kappa shape index (κ1) is 10.8. The van der Waals surface area contributed by atoms with Crippen molar-refractivity contribution in [3.63, 3.8) is 0 Å². The highest BCUT2D eigenvalue weighted by Gasteiger charge is 1.89. The number of primary amides is 1. The smallest absolute Gasteiger partial charge is 0.214 e. The molecule has 4 heteroatoms. The maximum absolute atomic E-state index is 9.22. The van der Waals surface area contributed by atoms with Gasteiger partial charge in [0.1, 0.15) is 5.75 Å². The SMILES string of the molecule is CC(N)=O.Oc1ccccc1Cl. The Kier molecular flexibility index (Phi) is 4.88. The van der Waals surface area contributed by atoms with Crippen molar-refractivity contribution in [1.82, 2.24) is 0 Å². The molecule has 1 rings (SSSR count). The number of benzene rings is 1. The maximum Gasteiger partial charge on any atom is 0.214 e. The van der Waals surface area contributed by atoms with Crippen LogP contribution < -0.4 is 5.73 Å². The van der Waals surface area contributed by atoms with Crippen LogP contribution in [0.5, 0.6) is 5.75 Å². The predicted octanol–water partition coefficient (Wildman–Crippen LogP) is 1.54. The molecule has 0 aromatic heterocycles. The molecule has 0 saturated carbocycles. The fourth-order valence-corrected chi connectivity index (χ4v) is 0.587. The Morgan fingerprint density at radius 1 is 1.50 bits per heavy atom. The number of carbonyl (C=O) groups is 1. The molecule has 0 aliphatic heterocycles. The van der Waals surface area contributed by atoms with Gasteiger partial charge < -0.3 is 10.8 Å². The van der Waals surface area contributed by atoms with E-state index in [0.29, 0.717) is 5.02 Å². The second-order valence-corrected chi connectivity index (χ2v) is 2.47. The zero-order valence-electron chi connectivity index (χ0n) is 6.62. The van der Waals surface area contributed by atoms with E-state index in [1.54, 1.807) is 24.3 Å². The molecule has 0 atom stereocenters. The van der Waals surface area contributed by atoms with Crippen molar-refractivity contribution in [3.05, 3.63) is 29.3 Å². The number of phenolic OH excluding ortho intramolecular Hbond substituents is 1. The van der Waals surface area contributed by atoms with Gasteiger partial charge in [-0.2, -0.15) is 0 Å². The molecule has 0 aliphatic carbocycles. The Morgan fingerprint density at radius 2 is 1.92 bits per heavy atom. The molecule has 0 bridgehead atoms. The van der Waals surface area contributed by atoms with E-state index in [0.717, 1.165) is 0 Å². The van der Waals surface area contributed by atoms with Gasteiger partial charge in [0.25, 0.3) is 0 Å². The van der Waals surface area contributed by atoms with Gasteiger partial charge in [-0.3, -0.25) is 4.79 Å². The van der Waals surface area contributed by atoms with Crippen molar-refractivity contribution in [2.24, 2.45) is 5.73 Å². The summed E-state index contributed by atoms with van der Waals surface area (Å²) in [6.07, 6.45) is 0. The number of hydrogen-bond acceptors (Lipinski definition) is 2. The number of hydrogen-bond donors (Lipinski definition) is 2. The monoisotopic (exact) mass is 187 g/mol. The topological polar surface area (TPSA) is 63.3 Å². The van der Waals surface area contributed by atoms with Crippen LogP contribution in [0.3, 0.4) is 0 Å². The summed E-state index contributed by atoms with van der Waals surface area (Å²) in [6.45, 7) is 1.31. The standard InChI is InChI=1S/C6H5ClO.C2H5NO/c7-5-3-1-2-4-6(5)8;1-2(3)4/h1-4,8H;1H3,(H2,3,4). The summed E-state index contributed by atoms with van der Waals surface area (Å²) in [6, 6.07) is 6.67. The minimum atomic E-state index is -0.333. The molecule has 0 heterocycles. The van der Waals surface area contributed by atoms with Gasteiger partial charge in [0.2, 0.25) is 5.91 Å². The third-order valence-electron chi connectivity index (χ3n) is 0.852. The number of rotatable bonds is 0. The molecule has 66 valence electrons. The first-order chi connectivity index (χ1) is 5.54. The molecule has 1 amide bonds. The Hall–Kier alpha value is -1.22. The van der Waals surface area contributed by atoms with Gasteiger partial charge >= 0.3 is 0 Å². The van der Waals surface area contributed by atoms with E-state index in [4.69, 9.17) is 16.7 Å². The maximum atomic E-state index is 9.22. The second-order valence-electron chi connectivity index (χ2n) is 2.06. The van der Waals surface area contributed by atoms with E-state index in [-0.39, 0.29) is 11.7 Å². The lowest BCUT2D eigenvalue weighted by atomic mass is 10.3. The minimum Gasteiger partial charge on any atom is -0.506 e. The van der Waals surface area contributed by atoms with Gasteiger partial charge in [-0.1, -0.05) is 23.7 Å². The van der Waals surface area contributed by atoms with Gasteiger partial charge in [-0.15, -0.1) is 0 Å². The number of phenols is 1. The Morgan fingerprint density at radius 3 is 2.17 bits per heavy atom. The van der Waals surface area contributed by atoms with Gasteiger partial charge in [-0.05, 0) is 12.1 Å². The highest BCUT2D eigenvalue weighted by molar-refractivity contribution is 6.31. The minimum absolute atomic E-state index is 0.133. The summed E-state index contributed by atoms with van der Waals surface area (Å²) in [5.41, 5.74) is 4.47.